The van der Waals surface area contributed by atoms with Crippen LogP contribution >= 0.6 is 0 Å². The number of hydrogen-bond acceptors (Lipinski definition) is 3. The van der Waals surface area contributed by atoms with Gasteiger partial charge in [0, 0.05) is 19.1 Å². The molecule has 0 unspecified atom stereocenters. The molecule has 1 aliphatic carbocycles. The predicted octanol–water partition coefficient (Wildman–Crippen LogP) is 2.25. The molecule has 0 aromatic heterocycles. The second-order valence-electron chi connectivity index (χ2n) is 5.27. The maximum Gasteiger partial charge on any atom is 0.243 e. The summed E-state index contributed by atoms with van der Waals surface area (Å²) in [5, 5.41) is 0. The molecule has 0 spiro atoms. The van der Waals surface area contributed by atoms with E-state index < -0.39 is 21.7 Å². The first-order chi connectivity index (χ1) is 9.96. The van der Waals surface area contributed by atoms with Gasteiger partial charge < -0.3 is 5.73 Å². The van der Waals surface area contributed by atoms with Crippen molar-refractivity contribution in [3.8, 4) is 0 Å². The molecule has 0 heterocycles. The van der Waals surface area contributed by atoms with Gasteiger partial charge in [0.2, 0.25) is 10.0 Å². The van der Waals surface area contributed by atoms with Gasteiger partial charge in [-0.3, -0.25) is 0 Å². The van der Waals surface area contributed by atoms with Crippen LogP contribution in [-0.4, -0.2) is 31.9 Å². The van der Waals surface area contributed by atoms with Gasteiger partial charge in [-0.15, -0.1) is 0 Å². The second-order valence-corrected chi connectivity index (χ2v) is 7.16. The monoisotopic (exact) mass is 318 g/mol. The van der Waals surface area contributed by atoms with Crippen molar-refractivity contribution in [3.05, 3.63) is 29.8 Å². The number of rotatable bonds is 5. The first-order valence-corrected chi connectivity index (χ1v) is 8.58. The molecule has 2 rings (SSSR count). The van der Waals surface area contributed by atoms with E-state index in [0.717, 1.165) is 50.3 Å². The van der Waals surface area contributed by atoms with E-state index in [1.807, 2.05) is 0 Å². The minimum absolute atomic E-state index is 0.111. The van der Waals surface area contributed by atoms with Crippen molar-refractivity contribution in [2.24, 2.45) is 5.73 Å². The third-order valence-corrected chi connectivity index (χ3v) is 5.78. The smallest absolute Gasteiger partial charge is 0.243 e. The highest BCUT2D eigenvalue weighted by molar-refractivity contribution is 7.89. The molecule has 1 aromatic carbocycles. The van der Waals surface area contributed by atoms with Gasteiger partial charge in [0.25, 0.3) is 0 Å². The molecule has 0 aliphatic heterocycles. The van der Waals surface area contributed by atoms with Crippen LogP contribution in [0.4, 0.5) is 8.78 Å². The molecule has 0 atom stereocenters. The van der Waals surface area contributed by atoms with Crippen LogP contribution in [0.2, 0.25) is 0 Å². The third kappa shape index (κ3) is 3.59. The van der Waals surface area contributed by atoms with Gasteiger partial charge in [-0.25, -0.2) is 17.2 Å². The molecule has 0 saturated heterocycles. The molecular formula is C14H20F2N2O2S. The Morgan fingerprint density at radius 2 is 1.81 bits per heavy atom. The SMILES string of the molecule is NCCN(C1CCCCC1)S(=O)(=O)c1ccc(F)c(F)c1. The lowest BCUT2D eigenvalue weighted by atomic mass is 9.95. The van der Waals surface area contributed by atoms with E-state index in [-0.39, 0.29) is 24.0 Å². The van der Waals surface area contributed by atoms with Gasteiger partial charge in [0.15, 0.2) is 11.6 Å². The highest BCUT2D eigenvalue weighted by Crippen LogP contribution is 2.28. The number of hydrogen-bond donors (Lipinski definition) is 1. The molecule has 1 aromatic rings. The summed E-state index contributed by atoms with van der Waals surface area (Å²) in [7, 11) is -3.86. The summed E-state index contributed by atoms with van der Waals surface area (Å²) in [6, 6.07) is 2.56. The third-order valence-electron chi connectivity index (χ3n) is 3.83. The van der Waals surface area contributed by atoms with E-state index in [1.165, 1.54) is 4.31 Å². The topological polar surface area (TPSA) is 63.4 Å². The first kappa shape index (κ1) is 16.3. The van der Waals surface area contributed by atoms with Crippen molar-refractivity contribution >= 4 is 10.0 Å². The van der Waals surface area contributed by atoms with Crippen LogP contribution in [0.5, 0.6) is 0 Å². The van der Waals surface area contributed by atoms with Gasteiger partial charge in [0.05, 0.1) is 4.90 Å². The van der Waals surface area contributed by atoms with Crippen molar-refractivity contribution in [2.75, 3.05) is 13.1 Å². The number of halogens is 2. The van der Waals surface area contributed by atoms with Crippen LogP contribution in [0.25, 0.3) is 0 Å². The fraction of sp³-hybridized carbons (Fsp3) is 0.571. The molecule has 1 aliphatic rings. The highest BCUT2D eigenvalue weighted by atomic mass is 32.2. The molecule has 0 bridgehead atoms. The summed E-state index contributed by atoms with van der Waals surface area (Å²) in [6.07, 6.45) is 4.60. The molecule has 0 radical (unpaired) electrons. The van der Waals surface area contributed by atoms with Crippen molar-refractivity contribution in [1.29, 1.82) is 0 Å². The second kappa shape index (κ2) is 6.81. The van der Waals surface area contributed by atoms with Crippen LogP contribution in [-0.2, 0) is 10.0 Å². The molecule has 4 nitrogen and oxygen atoms in total. The molecule has 2 N–H and O–H groups in total. The molecule has 118 valence electrons. The van der Waals surface area contributed by atoms with Crippen molar-refractivity contribution in [1.82, 2.24) is 4.31 Å². The highest BCUT2D eigenvalue weighted by Gasteiger charge is 2.32. The van der Waals surface area contributed by atoms with E-state index in [1.54, 1.807) is 0 Å². The summed E-state index contributed by atoms with van der Waals surface area (Å²) < 4.78 is 53.0. The van der Waals surface area contributed by atoms with Crippen molar-refractivity contribution < 1.29 is 17.2 Å². The predicted molar refractivity (Wildman–Crippen MR) is 76.2 cm³/mol. The zero-order valence-electron chi connectivity index (χ0n) is 11.8. The van der Waals surface area contributed by atoms with Gasteiger partial charge in [-0.05, 0) is 31.0 Å². The fourth-order valence-corrected chi connectivity index (χ4v) is 4.48. The van der Waals surface area contributed by atoms with Crippen molar-refractivity contribution in [2.45, 2.75) is 43.0 Å². The van der Waals surface area contributed by atoms with Crippen molar-refractivity contribution in [3.63, 3.8) is 0 Å². The standard InChI is InChI=1S/C14H20F2N2O2S/c15-13-7-6-12(10-14(13)16)21(19,20)18(9-8-17)11-4-2-1-3-5-11/h6-7,10-11H,1-5,8-9,17H2. The minimum atomic E-state index is -3.86. The Kier molecular flexibility index (Phi) is 5.29. The summed E-state index contributed by atoms with van der Waals surface area (Å²) >= 11 is 0. The average molecular weight is 318 g/mol. The molecule has 21 heavy (non-hydrogen) atoms. The summed E-state index contributed by atoms with van der Waals surface area (Å²) in [5.41, 5.74) is 5.52. The Bertz CT molecular complexity index is 587. The molecule has 1 saturated carbocycles. The molecular weight excluding hydrogens is 298 g/mol. The Morgan fingerprint density at radius 1 is 1.14 bits per heavy atom. The molecule has 1 fully saturated rings. The Balaban J connectivity index is 2.34. The summed E-state index contributed by atoms with van der Waals surface area (Å²) in [4.78, 5) is -0.222. The van der Waals surface area contributed by atoms with E-state index in [2.05, 4.69) is 0 Å². The van der Waals surface area contributed by atoms with E-state index in [4.69, 9.17) is 5.73 Å². The van der Waals surface area contributed by atoms with Gasteiger partial charge in [-0.2, -0.15) is 4.31 Å². The minimum Gasteiger partial charge on any atom is -0.329 e. The number of nitrogens with two attached hydrogens (primary N) is 1. The maximum absolute atomic E-state index is 13.3. The lowest BCUT2D eigenvalue weighted by Gasteiger charge is -2.33. The normalized spacial score (nSPS) is 17.3. The van der Waals surface area contributed by atoms with Gasteiger partial charge in [-0.1, -0.05) is 19.3 Å². The molecule has 0 amide bonds. The first-order valence-electron chi connectivity index (χ1n) is 7.14. The van der Waals surface area contributed by atoms with Gasteiger partial charge in [0.1, 0.15) is 0 Å². The largest absolute Gasteiger partial charge is 0.329 e. The number of nitrogens with zero attached hydrogens (tertiary/aromatic N) is 1. The Hall–Kier alpha value is -1.05. The fourth-order valence-electron chi connectivity index (χ4n) is 2.77. The summed E-state index contributed by atoms with van der Waals surface area (Å²) in [5.74, 6) is -2.22. The lowest BCUT2D eigenvalue weighted by Crippen LogP contribution is -2.44. The van der Waals surface area contributed by atoms with E-state index in [9.17, 15) is 17.2 Å². The number of benzene rings is 1. The zero-order valence-corrected chi connectivity index (χ0v) is 12.6. The van der Waals surface area contributed by atoms with E-state index >= 15 is 0 Å². The van der Waals surface area contributed by atoms with Crippen LogP contribution in [0.15, 0.2) is 23.1 Å². The zero-order chi connectivity index (χ0) is 15.5. The van der Waals surface area contributed by atoms with Crippen LogP contribution in [0.3, 0.4) is 0 Å². The van der Waals surface area contributed by atoms with E-state index in [0.29, 0.717) is 0 Å². The Morgan fingerprint density at radius 3 is 2.38 bits per heavy atom. The Labute approximate surface area is 124 Å². The quantitative estimate of drug-likeness (QED) is 0.905. The average Bonchev–Trinajstić information content (AvgIpc) is 2.48. The van der Waals surface area contributed by atoms with Crippen LogP contribution in [0.1, 0.15) is 32.1 Å². The maximum atomic E-state index is 13.3. The summed E-state index contributed by atoms with van der Waals surface area (Å²) in [6.45, 7) is 0.380. The van der Waals surface area contributed by atoms with Gasteiger partial charge >= 0.3 is 0 Å². The molecule has 7 heteroatoms. The van der Waals surface area contributed by atoms with Crippen LogP contribution in [0, 0.1) is 11.6 Å². The number of sulfonamides is 1. The lowest BCUT2D eigenvalue weighted by molar-refractivity contribution is 0.257. The van der Waals surface area contributed by atoms with Crippen LogP contribution < -0.4 is 5.73 Å².